The lowest BCUT2D eigenvalue weighted by Gasteiger charge is -2.14. The van der Waals surface area contributed by atoms with Gasteiger partial charge in [0.2, 0.25) is 11.7 Å². The number of carboxylic acids is 1. The van der Waals surface area contributed by atoms with Crippen molar-refractivity contribution in [2.24, 2.45) is 0 Å². The van der Waals surface area contributed by atoms with E-state index in [4.69, 9.17) is 15.7 Å². The monoisotopic (exact) mass is 257 g/mol. The van der Waals surface area contributed by atoms with Crippen molar-refractivity contribution in [3.63, 3.8) is 0 Å². The van der Waals surface area contributed by atoms with Crippen LogP contribution >= 0.6 is 0 Å². The second-order valence-electron chi connectivity index (χ2n) is 3.76. The van der Waals surface area contributed by atoms with E-state index in [-0.39, 0.29) is 19.3 Å². The minimum Gasteiger partial charge on any atom is -0.480 e. The first-order chi connectivity index (χ1) is 8.36. The molecule has 18 heavy (non-hydrogen) atoms. The number of Topliss-reactive ketones (excluding diaryl/α,β-unsaturated/α-hetero) is 1. The molecule has 100 valence electrons. The number of hydrogen-bond donors (Lipinski definition) is 3. The van der Waals surface area contributed by atoms with Gasteiger partial charge in [-0.2, -0.15) is 4.79 Å². The highest BCUT2D eigenvalue weighted by molar-refractivity contribution is 6.25. The van der Waals surface area contributed by atoms with Crippen molar-refractivity contribution >= 4 is 23.9 Å². The molecule has 0 radical (unpaired) electrons. The first kappa shape index (κ1) is 16.0. The minimum absolute atomic E-state index is 0.119. The largest absolute Gasteiger partial charge is 0.480 e. The number of carbonyl (C=O) groups excluding carboxylic acids is 2. The third-order valence-corrected chi connectivity index (χ3v) is 2.00. The van der Waals surface area contributed by atoms with Crippen molar-refractivity contribution in [2.45, 2.75) is 38.3 Å². The first-order valence-electron chi connectivity index (χ1n) is 5.27. The van der Waals surface area contributed by atoms with Crippen LogP contribution in [0.25, 0.3) is 5.53 Å². The van der Waals surface area contributed by atoms with Crippen molar-refractivity contribution in [3.8, 4) is 0 Å². The van der Waals surface area contributed by atoms with E-state index < -0.39 is 29.8 Å². The van der Waals surface area contributed by atoms with Crippen LogP contribution in [0.15, 0.2) is 0 Å². The van der Waals surface area contributed by atoms with Gasteiger partial charge in [-0.1, -0.05) is 0 Å². The van der Waals surface area contributed by atoms with Gasteiger partial charge in [0.25, 0.3) is 0 Å². The average molecular weight is 257 g/mol. The summed E-state index contributed by atoms with van der Waals surface area (Å²) in [7, 11) is 0. The molecular formula is C10H15N3O5. The molecule has 0 rings (SSSR count). The van der Waals surface area contributed by atoms with Gasteiger partial charge in [0.15, 0.2) is 0 Å². The Labute approximate surface area is 103 Å². The molecule has 0 saturated carbocycles. The quantitative estimate of drug-likeness (QED) is 0.290. The summed E-state index contributed by atoms with van der Waals surface area (Å²) in [6.07, 6.45) is -0.712. The number of carboxylic acid groups (broad SMARTS) is 1. The van der Waals surface area contributed by atoms with Gasteiger partial charge in [-0.25, -0.2) is 4.79 Å². The maximum Gasteiger partial charge on any atom is 0.326 e. The van der Waals surface area contributed by atoms with Crippen LogP contribution in [0, 0.1) is 0 Å². The number of rotatable bonds is 8. The summed E-state index contributed by atoms with van der Waals surface area (Å²) in [6, 6.07) is -1.22. The Hall–Kier alpha value is -2.05. The second kappa shape index (κ2) is 8.10. The van der Waals surface area contributed by atoms with Crippen molar-refractivity contribution in [2.75, 3.05) is 0 Å². The Bertz CT molecular complexity index is 374. The zero-order chi connectivity index (χ0) is 14.1. The van der Waals surface area contributed by atoms with Crippen LogP contribution < -0.4 is 5.32 Å². The predicted octanol–water partition coefficient (Wildman–Crippen LogP) is -1.02. The minimum atomic E-state index is -1.28. The summed E-state index contributed by atoms with van der Waals surface area (Å²) in [5.41, 5.74) is 8.09. The van der Waals surface area contributed by atoms with Crippen LogP contribution in [-0.2, 0) is 14.4 Å². The molecule has 0 aliphatic carbocycles. The molecule has 0 spiro atoms. The molecule has 0 aliphatic heterocycles. The summed E-state index contributed by atoms with van der Waals surface area (Å²) in [5.74, 6) is -2.43. The molecule has 1 amide bonds. The number of nitrogens with zero attached hydrogens (tertiary/aromatic N) is 2. The van der Waals surface area contributed by atoms with Gasteiger partial charge >= 0.3 is 12.2 Å². The number of aliphatic hydroxyl groups excluding tert-OH is 1. The molecule has 3 N–H and O–H groups in total. The van der Waals surface area contributed by atoms with Crippen LogP contribution in [0.4, 0.5) is 0 Å². The van der Waals surface area contributed by atoms with Gasteiger partial charge in [0.05, 0.1) is 12.5 Å². The third kappa shape index (κ3) is 7.26. The van der Waals surface area contributed by atoms with E-state index in [0.29, 0.717) is 6.21 Å². The number of carbonyl (C=O) groups is 3. The van der Waals surface area contributed by atoms with Crippen LogP contribution in [0.2, 0.25) is 0 Å². The Morgan fingerprint density at radius 1 is 1.44 bits per heavy atom. The van der Waals surface area contributed by atoms with Crippen molar-refractivity contribution in [1.29, 1.82) is 0 Å². The summed E-state index contributed by atoms with van der Waals surface area (Å²) in [6.45, 7) is 1.40. The molecule has 8 nitrogen and oxygen atoms in total. The average Bonchev–Trinajstić information content (AvgIpc) is 2.23. The second-order valence-corrected chi connectivity index (χ2v) is 3.76. The molecule has 0 saturated heterocycles. The zero-order valence-electron chi connectivity index (χ0n) is 9.87. The lowest BCUT2D eigenvalue weighted by molar-refractivity contribution is -0.142. The van der Waals surface area contributed by atoms with E-state index in [1.54, 1.807) is 0 Å². The smallest absolute Gasteiger partial charge is 0.326 e. The van der Waals surface area contributed by atoms with Crippen molar-refractivity contribution in [1.82, 2.24) is 5.32 Å². The van der Waals surface area contributed by atoms with Crippen LogP contribution in [0.1, 0.15) is 26.2 Å². The summed E-state index contributed by atoms with van der Waals surface area (Å²) < 4.78 is 0. The Morgan fingerprint density at radius 2 is 2.06 bits per heavy atom. The third-order valence-electron chi connectivity index (χ3n) is 2.00. The molecule has 0 aromatic carbocycles. The number of nitrogens with one attached hydrogen (secondary N) is 1. The topological polar surface area (TPSA) is 140 Å². The summed E-state index contributed by atoms with van der Waals surface area (Å²) in [4.78, 5) is 35.6. The van der Waals surface area contributed by atoms with Gasteiger partial charge < -0.3 is 21.1 Å². The van der Waals surface area contributed by atoms with E-state index >= 15 is 0 Å². The highest BCUT2D eigenvalue weighted by Gasteiger charge is 2.21. The maximum absolute atomic E-state index is 11.3. The lowest BCUT2D eigenvalue weighted by atomic mass is 10.1. The normalized spacial score (nSPS) is 13.0. The van der Waals surface area contributed by atoms with Gasteiger partial charge in [0, 0.05) is 6.42 Å². The molecule has 0 aliphatic rings. The molecule has 0 aromatic rings. The van der Waals surface area contributed by atoms with Crippen molar-refractivity contribution < 1.29 is 29.4 Å². The van der Waals surface area contributed by atoms with Gasteiger partial charge in [-0.3, -0.25) is 9.59 Å². The molecule has 8 heteroatoms. The first-order valence-corrected chi connectivity index (χ1v) is 5.27. The number of aliphatic carboxylic acids is 1. The molecular weight excluding hydrogens is 242 g/mol. The number of amides is 1. The fourth-order valence-corrected chi connectivity index (χ4v) is 1.19. The van der Waals surface area contributed by atoms with E-state index in [0.717, 1.165) is 0 Å². The van der Waals surface area contributed by atoms with E-state index in [1.165, 1.54) is 6.92 Å². The van der Waals surface area contributed by atoms with Crippen LogP contribution in [0.3, 0.4) is 0 Å². The SMILES string of the molecule is C[C@@H](O)CC(=O)N[C@@H](CCC(=O)C=[N+]=[N-])C(=O)O. The Morgan fingerprint density at radius 3 is 2.50 bits per heavy atom. The summed E-state index contributed by atoms with van der Waals surface area (Å²) >= 11 is 0. The predicted molar refractivity (Wildman–Crippen MR) is 59.8 cm³/mol. The van der Waals surface area contributed by atoms with Crippen molar-refractivity contribution in [3.05, 3.63) is 5.53 Å². The molecule has 0 fully saturated rings. The number of hydrogen-bond acceptors (Lipinski definition) is 4. The van der Waals surface area contributed by atoms with Gasteiger partial charge in [-0.05, 0) is 13.3 Å². The number of ketones is 1. The van der Waals surface area contributed by atoms with E-state index in [1.807, 2.05) is 0 Å². The highest BCUT2D eigenvalue weighted by atomic mass is 16.4. The molecule has 0 aromatic heterocycles. The molecule has 0 heterocycles. The lowest BCUT2D eigenvalue weighted by Crippen LogP contribution is -2.42. The van der Waals surface area contributed by atoms with Gasteiger partial charge in [0.1, 0.15) is 6.04 Å². The summed E-state index contributed by atoms with van der Waals surface area (Å²) in [5, 5.41) is 20.0. The van der Waals surface area contributed by atoms with E-state index in [9.17, 15) is 14.4 Å². The highest BCUT2D eigenvalue weighted by Crippen LogP contribution is 2.00. The number of aliphatic hydroxyl groups is 1. The van der Waals surface area contributed by atoms with Gasteiger partial charge in [-0.15, -0.1) is 0 Å². The molecule has 2 atom stereocenters. The maximum atomic E-state index is 11.3. The molecule has 0 unspecified atom stereocenters. The van der Waals surface area contributed by atoms with Crippen LogP contribution in [-0.4, -0.2) is 51.0 Å². The zero-order valence-corrected chi connectivity index (χ0v) is 9.87. The fraction of sp³-hybridized carbons (Fsp3) is 0.600. The standard InChI is InChI=1S/C10H15N3O5/c1-6(14)4-9(16)13-8(10(17)18)3-2-7(15)5-12-11/h5-6,8,14H,2-4H2,1H3,(H,13,16)(H,17,18)/t6-,8+/m1/s1. The Balaban J connectivity index is 4.32. The Kier molecular flexibility index (Phi) is 7.18. The van der Waals surface area contributed by atoms with Crippen LogP contribution in [0.5, 0.6) is 0 Å². The van der Waals surface area contributed by atoms with E-state index in [2.05, 4.69) is 10.1 Å². The fourth-order valence-electron chi connectivity index (χ4n) is 1.19. The molecule has 0 bridgehead atoms.